The number of rotatable bonds is 8. The SMILES string of the molecule is CCOc1ncc(-c2cnc3[nH]cc(-c4ccnc(C#N)c4)c3c2)cc1NC(=O)/C=C/CN(C)C. The van der Waals surface area contributed by atoms with Crippen LogP contribution in [0.5, 0.6) is 5.88 Å². The van der Waals surface area contributed by atoms with Gasteiger partial charge in [0.15, 0.2) is 0 Å². The third kappa shape index (κ3) is 5.51. The molecule has 0 bridgehead atoms. The van der Waals surface area contributed by atoms with Gasteiger partial charge in [0.2, 0.25) is 11.8 Å². The maximum absolute atomic E-state index is 12.4. The van der Waals surface area contributed by atoms with E-state index in [2.05, 4.69) is 31.3 Å². The van der Waals surface area contributed by atoms with Gasteiger partial charge in [0, 0.05) is 59.5 Å². The van der Waals surface area contributed by atoms with E-state index in [9.17, 15) is 10.1 Å². The van der Waals surface area contributed by atoms with Gasteiger partial charge in [-0.2, -0.15) is 5.26 Å². The number of nitrogens with one attached hydrogen (secondary N) is 2. The highest BCUT2D eigenvalue weighted by Gasteiger charge is 2.13. The van der Waals surface area contributed by atoms with Gasteiger partial charge < -0.3 is 19.9 Å². The molecule has 0 saturated carbocycles. The lowest BCUT2D eigenvalue weighted by atomic mass is 10.0. The second-order valence-electron chi connectivity index (χ2n) is 8.03. The first-order valence-corrected chi connectivity index (χ1v) is 11.1. The smallest absolute Gasteiger partial charge is 0.248 e. The summed E-state index contributed by atoms with van der Waals surface area (Å²) in [5.74, 6) is 0.0852. The van der Waals surface area contributed by atoms with E-state index in [0.29, 0.717) is 30.4 Å². The zero-order valence-corrected chi connectivity index (χ0v) is 19.7. The maximum Gasteiger partial charge on any atom is 0.248 e. The molecule has 0 unspecified atom stereocenters. The number of hydrogen-bond acceptors (Lipinski definition) is 7. The third-order valence-electron chi connectivity index (χ3n) is 5.18. The predicted molar refractivity (Wildman–Crippen MR) is 135 cm³/mol. The Balaban J connectivity index is 1.69. The molecule has 0 aliphatic carbocycles. The Morgan fingerprint density at radius 1 is 1.17 bits per heavy atom. The van der Waals surface area contributed by atoms with Crippen LogP contribution in [0.25, 0.3) is 33.3 Å². The minimum absolute atomic E-state index is 0.265. The third-order valence-corrected chi connectivity index (χ3v) is 5.18. The van der Waals surface area contributed by atoms with Crippen molar-refractivity contribution in [1.82, 2.24) is 24.8 Å². The zero-order chi connectivity index (χ0) is 24.8. The number of anilines is 1. The molecule has 0 saturated heterocycles. The Kier molecular flexibility index (Phi) is 7.14. The van der Waals surface area contributed by atoms with E-state index >= 15 is 0 Å². The standard InChI is InChI=1S/C26H25N7O2/c1-4-35-26-23(32-24(34)6-5-9-33(2)3)12-19(15-31-26)18-11-21-22(16-30-25(21)29-14-18)17-7-8-28-20(10-17)13-27/h5-8,10-12,14-16H,4,9H2,1-3H3,(H,29,30)(H,32,34)/b6-5+. The fourth-order valence-corrected chi connectivity index (χ4v) is 3.56. The molecule has 35 heavy (non-hydrogen) atoms. The van der Waals surface area contributed by atoms with Crippen molar-refractivity contribution in [3.05, 3.63) is 66.9 Å². The van der Waals surface area contributed by atoms with Crippen LogP contribution in [0.15, 0.2) is 61.2 Å². The molecule has 9 nitrogen and oxygen atoms in total. The fraction of sp³-hybridized carbons (Fsp3) is 0.192. The molecule has 4 aromatic rings. The van der Waals surface area contributed by atoms with Crippen LogP contribution in [0, 0.1) is 11.3 Å². The molecule has 1 amide bonds. The van der Waals surface area contributed by atoms with Gasteiger partial charge in [0.25, 0.3) is 0 Å². The van der Waals surface area contributed by atoms with E-state index in [-0.39, 0.29) is 5.91 Å². The Labute approximate surface area is 203 Å². The fourth-order valence-electron chi connectivity index (χ4n) is 3.56. The van der Waals surface area contributed by atoms with E-state index in [0.717, 1.165) is 33.3 Å². The molecule has 2 N–H and O–H groups in total. The van der Waals surface area contributed by atoms with Gasteiger partial charge >= 0.3 is 0 Å². The normalized spacial score (nSPS) is 11.2. The topological polar surface area (TPSA) is 120 Å². The van der Waals surface area contributed by atoms with Gasteiger partial charge in [-0.25, -0.2) is 15.0 Å². The van der Waals surface area contributed by atoms with E-state index in [1.807, 2.05) is 50.3 Å². The van der Waals surface area contributed by atoms with Crippen molar-refractivity contribution < 1.29 is 9.53 Å². The minimum atomic E-state index is -0.265. The predicted octanol–water partition coefficient (Wildman–Crippen LogP) is 4.01. The summed E-state index contributed by atoms with van der Waals surface area (Å²) < 4.78 is 5.62. The van der Waals surface area contributed by atoms with Crippen LogP contribution in [0.2, 0.25) is 0 Å². The average molecular weight is 468 g/mol. The highest BCUT2D eigenvalue weighted by Crippen LogP contribution is 2.33. The molecule has 176 valence electrons. The number of amides is 1. The number of nitrogens with zero attached hydrogens (tertiary/aromatic N) is 5. The van der Waals surface area contributed by atoms with E-state index in [1.54, 1.807) is 30.7 Å². The number of fused-ring (bicyclic) bond motifs is 1. The quantitative estimate of drug-likeness (QED) is 0.376. The molecule has 0 aliphatic heterocycles. The van der Waals surface area contributed by atoms with Crippen molar-refractivity contribution in [1.29, 1.82) is 5.26 Å². The lowest BCUT2D eigenvalue weighted by molar-refractivity contribution is -0.111. The molecule has 9 heteroatoms. The number of nitriles is 1. The van der Waals surface area contributed by atoms with Crippen molar-refractivity contribution in [3.8, 4) is 34.2 Å². The highest BCUT2D eigenvalue weighted by molar-refractivity contribution is 6.01. The Morgan fingerprint density at radius 3 is 2.74 bits per heavy atom. The average Bonchev–Trinajstić information content (AvgIpc) is 3.28. The Morgan fingerprint density at radius 2 is 1.97 bits per heavy atom. The van der Waals surface area contributed by atoms with Crippen molar-refractivity contribution in [2.45, 2.75) is 6.92 Å². The molecule has 0 atom stereocenters. The first-order chi connectivity index (χ1) is 17.0. The van der Waals surface area contributed by atoms with Crippen molar-refractivity contribution in [3.63, 3.8) is 0 Å². The lowest BCUT2D eigenvalue weighted by Crippen LogP contribution is -2.13. The molecule has 4 rings (SSSR count). The van der Waals surface area contributed by atoms with Gasteiger partial charge in [-0.3, -0.25) is 4.79 Å². The van der Waals surface area contributed by atoms with Crippen LogP contribution in [-0.2, 0) is 4.79 Å². The number of carbonyl (C=O) groups is 1. The highest BCUT2D eigenvalue weighted by atomic mass is 16.5. The van der Waals surface area contributed by atoms with Crippen LogP contribution in [-0.4, -0.2) is 58.0 Å². The van der Waals surface area contributed by atoms with Gasteiger partial charge in [-0.15, -0.1) is 0 Å². The van der Waals surface area contributed by atoms with E-state index in [4.69, 9.17) is 4.74 Å². The van der Waals surface area contributed by atoms with Gasteiger partial charge in [0.05, 0.1) is 6.61 Å². The summed E-state index contributed by atoms with van der Waals surface area (Å²) in [7, 11) is 3.86. The van der Waals surface area contributed by atoms with Crippen molar-refractivity contribution >= 4 is 22.6 Å². The van der Waals surface area contributed by atoms with Crippen LogP contribution in [0.3, 0.4) is 0 Å². The van der Waals surface area contributed by atoms with Crippen LogP contribution in [0.1, 0.15) is 12.6 Å². The molecule has 0 spiro atoms. The van der Waals surface area contributed by atoms with Gasteiger partial charge in [0.1, 0.15) is 23.1 Å². The van der Waals surface area contributed by atoms with Crippen molar-refractivity contribution in [2.24, 2.45) is 0 Å². The second kappa shape index (κ2) is 10.6. The number of aromatic amines is 1. The summed E-state index contributed by atoms with van der Waals surface area (Å²) in [5, 5.41) is 13.0. The Bertz CT molecular complexity index is 1430. The van der Waals surface area contributed by atoms with Crippen LogP contribution < -0.4 is 10.1 Å². The van der Waals surface area contributed by atoms with E-state index in [1.165, 1.54) is 6.08 Å². The lowest BCUT2D eigenvalue weighted by Gasteiger charge is -2.12. The molecule has 0 fully saturated rings. The summed E-state index contributed by atoms with van der Waals surface area (Å²) in [6.07, 6.45) is 10.2. The molecule has 4 aromatic heterocycles. The van der Waals surface area contributed by atoms with Crippen LogP contribution >= 0.6 is 0 Å². The Hall–Kier alpha value is -4.55. The largest absolute Gasteiger partial charge is 0.476 e. The number of hydrogen-bond donors (Lipinski definition) is 2. The number of likely N-dealkylation sites (N-methyl/N-ethyl adjacent to an activating group) is 1. The first-order valence-electron chi connectivity index (χ1n) is 11.1. The second-order valence-corrected chi connectivity index (χ2v) is 8.03. The minimum Gasteiger partial charge on any atom is -0.476 e. The monoisotopic (exact) mass is 467 g/mol. The van der Waals surface area contributed by atoms with Gasteiger partial charge in [-0.1, -0.05) is 6.08 Å². The summed E-state index contributed by atoms with van der Waals surface area (Å²) >= 11 is 0. The maximum atomic E-state index is 12.4. The molecular formula is C26H25N7O2. The molecule has 4 heterocycles. The number of carbonyl (C=O) groups excluding carboxylic acids is 1. The zero-order valence-electron chi connectivity index (χ0n) is 19.7. The summed E-state index contributed by atoms with van der Waals surface area (Å²) in [5.41, 5.74) is 4.91. The molecule has 0 aromatic carbocycles. The number of H-pyrrole nitrogens is 1. The summed E-state index contributed by atoms with van der Waals surface area (Å²) in [4.78, 5) is 30.6. The molecule has 0 radical (unpaired) electrons. The number of aromatic nitrogens is 4. The van der Waals surface area contributed by atoms with Crippen LogP contribution in [0.4, 0.5) is 5.69 Å². The summed E-state index contributed by atoms with van der Waals surface area (Å²) in [6.45, 7) is 2.94. The molecule has 0 aliphatic rings. The number of pyridine rings is 3. The first kappa shape index (κ1) is 23.6. The number of ether oxygens (including phenoxy) is 1. The van der Waals surface area contributed by atoms with E-state index < -0.39 is 0 Å². The molecular weight excluding hydrogens is 442 g/mol. The van der Waals surface area contributed by atoms with Gasteiger partial charge in [-0.05, 0) is 50.8 Å². The van der Waals surface area contributed by atoms with Crippen molar-refractivity contribution in [2.75, 3.05) is 32.6 Å². The summed E-state index contributed by atoms with van der Waals surface area (Å²) in [6, 6.07) is 9.49.